The first-order chi connectivity index (χ1) is 8.25. The van der Waals surface area contributed by atoms with Gasteiger partial charge in [0.05, 0.1) is 12.2 Å². The fourth-order valence-corrected chi connectivity index (χ4v) is 2.17. The van der Waals surface area contributed by atoms with Crippen molar-refractivity contribution in [2.75, 3.05) is 13.1 Å². The molecule has 1 N–H and O–H groups in total. The van der Waals surface area contributed by atoms with Gasteiger partial charge in [-0.25, -0.2) is 0 Å². The van der Waals surface area contributed by atoms with Crippen LogP contribution in [0.5, 0.6) is 0 Å². The van der Waals surface area contributed by atoms with Crippen molar-refractivity contribution in [3.63, 3.8) is 0 Å². The van der Waals surface area contributed by atoms with Crippen LogP contribution in [-0.2, 0) is 11.3 Å². The Morgan fingerprint density at radius 3 is 3.06 bits per heavy atom. The summed E-state index contributed by atoms with van der Waals surface area (Å²) in [6, 6.07) is 6.25. The highest BCUT2D eigenvalue weighted by Gasteiger charge is 2.19. The Morgan fingerprint density at radius 1 is 1.59 bits per heavy atom. The third kappa shape index (κ3) is 3.53. The van der Waals surface area contributed by atoms with Gasteiger partial charge in [0.2, 0.25) is 5.91 Å². The molecule has 0 radical (unpaired) electrons. The van der Waals surface area contributed by atoms with Gasteiger partial charge in [0.25, 0.3) is 0 Å². The fourth-order valence-electron chi connectivity index (χ4n) is 2.17. The fraction of sp³-hybridized carbons (Fsp3) is 0.538. The molecule has 1 atom stereocenters. The molecule has 92 valence electrons. The lowest BCUT2D eigenvalue weighted by molar-refractivity contribution is -0.129. The van der Waals surface area contributed by atoms with Crippen LogP contribution in [0.3, 0.4) is 0 Å². The molecule has 2 heterocycles. The van der Waals surface area contributed by atoms with E-state index in [1.165, 1.54) is 6.42 Å². The number of hydrogen-bond donors (Lipinski definition) is 1. The summed E-state index contributed by atoms with van der Waals surface area (Å²) < 4.78 is 0. The summed E-state index contributed by atoms with van der Waals surface area (Å²) in [5.74, 6) is 0.115. The van der Waals surface area contributed by atoms with E-state index in [0.29, 0.717) is 12.6 Å². The zero-order valence-corrected chi connectivity index (χ0v) is 10.2. The Kier molecular flexibility index (Phi) is 4.09. The largest absolute Gasteiger partial charge is 0.335 e. The molecule has 4 heteroatoms. The van der Waals surface area contributed by atoms with Gasteiger partial charge >= 0.3 is 0 Å². The molecule has 17 heavy (non-hydrogen) atoms. The van der Waals surface area contributed by atoms with E-state index in [1.54, 1.807) is 13.1 Å². The van der Waals surface area contributed by atoms with Crippen molar-refractivity contribution in [1.29, 1.82) is 0 Å². The third-order valence-corrected chi connectivity index (χ3v) is 3.13. The summed E-state index contributed by atoms with van der Waals surface area (Å²) in [7, 11) is 0. The van der Waals surface area contributed by atoms with Crippen molar-refractivity contribution in [3.05, 3.63) is 30.1 Å². The lowest BCUT2D eigenvalue weighted by Crippen LogP contribution is -2.39. The Morgan fingerprint density at radius 2 is 2.47 bits per heavy atom. The second-order valence-electron chi connectivity index (χ2n) is 4.51. The van der Waals surface area contributed by atoms with Crippen LogP contribution in [0.25, 0.3) is 0 Å². The minimum absolute atomic E-state index is 0.115. The molecule has 1 amide bonds. The van der Waals surface area contributed by atoms with Gasteiger partial charge in [0.1, 0.15) is 0 Å². The number of aromatic nitrogens is 1. The van der Waals surface area contributed by atoms with Gasteiger partial charge in [0.15, 0.2) is 0 Å². The summed E-state index contributed by atoms with van der Waals surface area (Å²) in [6.07, 6.45) is 4.13. The predicted molar refractivity (Wildman–Crippen MR) is 66.4 cm³/mol. The molecule has 1 fully saturated rings. The first-order valence-corrected chi connectivity index (χ1v) is 6.14. The molecular formula is C13H19N3O. The highest BCUT2D eigenvalue weighted by Crippen LogP contribution is 2.09. The maximum Gasteiger partial charge on any atom is 0.219 e. The molecule has 1 aromatic heterocycles. The molecule has 0 saturated carbocycles. The minimum Gasteiger partial charge on any atom is -0.335 e. The van der Waals surface area contributed by atoms with E-state index in [2.05, 4.69) is 10.3 Å². The molecule has 0 unspecified atom stereocenters. The monoisotopic (exact) mass is 233 g/mol. The molecule has 2 rings (SSSR count). The quantitative estimate of drug-likeness (QED) is 0.849. The van der Waals surface area contributed by atoms with Gasteiger partial charge in [-0.15, -0.1) is 0 Å². The predicted octanol–water partition coefficient (Wildman–Crippen LogP) is 1.18. The van der Waals surface area contributed by atoms with Crippen LogP contribution >= 0.6 is 0 Å². The standard InChI is InChI=1S/C13H19N3O/c1-11(17)16(10-13-6-4-8-15-13)9-12-5-2-3-7-14-12/h2-3,5,7,13,15H,4,6,8-10H2,1H3/t13-/m0/s1. The maximum absolute atomic E-state index is 11.6. The van der Waals surface area contributed by atoms with Crippen LogP contribution in [0.4, 0.5) is 0 Å². The van der Waals surface area contributed by atoms with Crippen LogP contribution in [0.2, 0.25) is 0 Å². The summed E-state index contributed by atoms with van der Waals surface area (Å²) in [5, 5.41) is 3.41. The van der Waals surface area contributed by atoms with E-state index < -0.39 is 0 Å². The van der Waals surface area contributed by atoms with Gasteiger partial charge in [0, 0.05) is 25.7 Å². The second kappa shape index (κ2) is 5.77. The molecule has 1 aromatic rings. The average molecular weight is 233 g/mol. The van der Waals surface area contributed by atoms with Gasteiger partial charge in [-0.3, -0.25) is 9.78 Å². The normalized spacial score (nSPS) is 19.2. The zero-order chi connectivity index (χ0) is 12.1. The number of pyridine rings is 1. The minimum atomic E-state index is 0.115. The number of hydrogen-bond acceptors (Lipinski definition) is 3. The number of amides is 1. The molecule has 0 spiro atoms. The summed E-state index contributed by atoms with van der Waals surface area (Å²) in [5.41, 5.74) is 0.945. The maximum atomic E-state index is 11.6. The third-order valence-electron chi connectivity index (χ3n) is 3.13. The number of nitrogens with zero attached hydrogens (tertiary/aromatic N) is 2. The van der Waals surface area contributed by atoms with E-state index in [-0.39, 0.29) is 5.91 Å². The first kappa shape index (κ1) is 12.0. The summed E-state index contributed by atoms with van der Waals surface area (Å²) >= 11 is 0. The van der Waals surface area contributed by atoms with Crippen molar-refractivity contribution >= 4 is 5.91 Å². The SMILES string of the molecule is CC(=O)N(Cc1ccccn1)C[C@@H]1CCCN1. The van der Waals surface area contributed by atoms with E-state index >= 15 is 0 Å². The molecule has 4 nitrogen and oxygen atoms in total. The molecule has 0 aromatic carbocycles. The van der Waals surface area contributed by atoms with Crippen molar-refractivity contribution in [2.45, 2.75) is 32.4 Å². The molecule has 1 saturated heterocycles. The van der Waals surface area contributed by atoms with Gasteiger partial charge in [-0.2, -0.15) is 0 Å². The molecule has 0 bridgehead atoms. The smallest absolute Gasteiger partial charge is 0.219 e. The Hall–Kier alpha value is -1.42. The van der Waals surface area contributed by atoms with Crippen LogP contribution in [0, 0.1) is 0 Å². The van der Waals surface area contributed by atoms with Crippen molar-refractivity contribution in [1.82, 2.24) is 15.2 Å². The first-order valence-electron chi connectivity index (χ1n) is 6.14. The number of carbonyl (C=O) groups excluding carboxylic acids is 1. The van der Waals surface area contributed by atoms with E-state index in [4.69, 9.17) is 0 Å². The van der Waals surface area contributed by atoms with Crippen LogP contribution in [0.1, 0.15) is 25.5 Å². The van der Waals surface area contributed by atoms with Crippen LogP contribution in [0.15, 0.2) is 24.4 Å². The van der Waals surface area contributed by atoms with E-state index in [1.807, 2.05) is 23.1 Å². The van der Waals surface area contributed by atoms with Gasteiger partial charge in [-0.05, 0) is 31.5 Å². The summed E-state index contributed by atoms with van der Waals surface area (Å²) in [6.45, 7) is 4.08. The average Bonchev–Trinajstić information content (AvgIpc) is 2.82. The highest BCUT2D eigenvalue weighted by molar-refractivity contribution is 5.73. The van der Waals surface area contributed by atoms with Crippen molar-refractivity contribution in [3.8, 4) is 0 Å². The Balaban J connectivity index is 1.95. The van der Waals surface area contributed by atoms with Crippen molar-refractivity contribution in [2.24, 2.45) is 0 Å². The van der Waals surface area contributed by atoms with Crippen molar-refractivity contribution < 1.29 is 4.79 Å². The van der Waals surface area contributed by atoms with Gasteiger partial charge in [-0.1, -0.05) is 6.07 Å². The lowest BCUT2D eigenvalue weighted by atomic mass is 10.2. The summed E-state index contributed by atoms with van der Waals surface area (Å²) in [4.78, 5) is 17.7. The Labute approximate surface area is 102 Å². The lowest BCUT2D eigenvalue weighted by Gasteiger charge is -2.24. The zero-order valence-electron chi connectivity index (χ0n) is 10.2. The molecule has 1 aliphatic rings. The number of carbonyl (C=O) groups is 1. The highest BCUT2D eigenvalue weighted by atomic mass is 16.2. The van der Waals surface area contributed by atoms with Crippen LogP contribution in [-0.4, -0.2) is 34.9 Å². The molecule has 1 aliphatic heterocycles. The van der Waals surface area contributed by atoms with E-state index in [0.717, 1.165) is 25.2 Å². The molecule has 0 aliphatic carbocycles. The molecular weight excluding hydrogens is 214 g/mol. The second-order valence-corrected chi connectivity index (χ2v) is 4.51. The Bertz CT molecular complexity index is 360. The van der Waals surface area contributed by atoms with E-state index in [9.17, 15) is 4.79 Å². The van der Waals surface area contributed by atoms with Crippen LogP contribution < -0.4 is 5.32 Å². The topological polar surface area (TPSA) is 45.2 Å². The number of rotatable bonds is 4. The van der Waals surface area contributed by atoms with Gasteiger partial charge < -0.3 is 10.2 Å². The number of nitrogens with one attached hydrogen (secondary N) is 1.